The number of rotatable bonds is 10. The van der Waals surface area contributed by atoms with Crippen LogP contribution in [0.4, 0.5) is 0 Å². The Morgan fingerprint density at radius 2 is 0.894 bits per heavy atom. The third-order valence-corrected chi connectivity index (χ3v) is 7.13. The lowest BCUT2D eigenvalue weighted by molar-refractivity contribution is -0.235. The van der Waals surface area contributed by atoms with Crippen molar-refractivity contribution in [3.63, 3.8) is 0 Å². The Morgan fingerprint density at radius 3 is 1.30 bits per heavy atom. The van der Waals surface area contributed by atoms with Gasteiger partial charge in [-0.2, -0.15) is 0 Å². The summed E-state index contributed by atoms with van der Waals surface area (Å²) in [5, 5.41) is 2.58. The standard InChI is InChI=1S/C36H31NO10/c1-23(38)37-32-31(47-36(42)27-20-12-5-13-21-27)30(46-35(41)26-18-10-4-11-19-26)29(45-34(40)25-16-8-3-9-17-25)28(44-32)22-43-33(39)24-14-6-2-7-15-24/h2-21,28-32H,22H2,1H3,(H,37,38)/t28-,29-,30+,31+,32-/m1/s1. The van der Waals surface area contributed by atoms with E-state index in [4.69, 9.17) is 23.7 Å². The maximum Gasteiger partial charge on any atom is 0.338 e. The minimum absolute atomic E-state index is 0.156. The van der Waals surface area contributed by atoms with Gasteiger partial charge in [-0.3, -0.25) is 4.79 Å². The summed E-state index contributed by atoms with van der Waals surface area (Å²) in [7, 11) is 0. The smallest absolute Gasteiger partial charge is 0.338 e. The van der Waals surface area contributed by atoms with Gasteiger partial charge in [0.05, 0.1) is 22.3 Å². The molecule has 4 aromatic rings. The Labute approximate surface area is 270 Å². The Kier molecular flexibility index (Phi) is 10.7. The lowest BCUT2D eigenvalue weighted by atomic mass is 9.96. The summed E-state index contributed by atoms with van der Waals surface area (Å²) in [4.78, 5) is 65.5. The van der Waals surface area contributed by atoms with E-state index >= 15 is 0 Å². The lowest BCUT2D eigenvalue weighted by Gasteiger charge is -2.44. The van der Waals surface area contributed by atoms with Crippen LogP contribution in [-0.4, -0.2) is 67.0 Å². The fourth-order valence-corrected chi connectivity index (χ4v) is 4.88. The van der Waals surface area contributed by atoms with E-state index in [-0.39, 0.29) is 22.3 Å². The second-order valence-corrected chi connectivity index (χ2v) is 10.5. The molecule has 1 heterocycles. The molecule has 0 radical (unpaired) electrons. The molecule has 1 saturated heterocycles. The molecule has 5 atom stereocenters. The van der Waals surface area contributed by atoms with Gasteiger partial charge in [0.2, 0.25) is 5.91 Å². The second kappa shape index (κ2) is 15.5. The summed E-state index contributed by atoms with van der Waals surface area (Å²) in [5.74, 6) is -3.74. The first-order chi connectivity index (χ1) is 22.8. The molecular formula is C36H31NO10. The van der Waals surface area contributed by atoms with E-state index in [2.05, 4.69) is 5.32 Å². The molecule has 11 nitrogen and oxygen atoms in total. The quantitative estimate of drug-likeness (QED) is 0.197. The maximum atomic E-state index is 13.5. The monoisotopic (exact) mass is 637 g/mol. The molecule has 1 fully saturated rings. The number of amides is 1. The third kappa shape index (κ3) is 8.47. The molecule has 0 bridgehead atoms. The van der Waals surface area contributed by atoms with Gasteiger partial charge in [-0.15, -0.1) is 0 Å². The summed E-state index contributed by atoms with van der Waals surface area (Å²) in [5.41, 5.74) is 0.742. The number of ether oxygens (including phenoxy) is 5. The molecule has 0 aromatic heterocycles. The topological polar surface area (TPSA) is 144 Å². The highest BCUT2D eigenvalue weighted by Crippen LogP contribution is 2.30. The van der Waals surface area contributed by atoms with Gasteiger partial charge < -0.3 is 29.0 Å². The van der Waals surface area contributed by atoms with Crippen LogP contribution in [0.1, 0.15) is 48.4 Å². The van der Waals surface area contributed by atoms with Gasteiger partial charge in [-0.25, -0.2) is 19.2 Å². The predicted molar refractivity (Wildman–Crippen MR) is 166 cm³/mol. The molecule has 0 unspecified atom stereocenters. The van der Waals surface area contributed by atoms with Crippen LogP contribution in [0.2, 0.25) is 0 Å². The normalized spacial score (nSPS) is 20.2. The Bertz CT molecular complexity index is 1680. The Balaban J connectivity index is 1.54. The first-order valence-corrected chi connectivity index (χ1v) is 14.7. The Hall–Kier alpha value is -5.81. The van der Waals surface area contributed by atoms with Gasteiger partial charge >= 0.3 is 23.9 Å². The van der Waals surface area contributed by atoms with Gasteiger partial charge in [0.15, 0.2) is 24.5 Å². The molecule has 1 N–H and O–H groups in total. The van der Waals surface area contributed by atoms with Crippen LogP contribution in [0.3, 0.4) is 0 Å². The molecule has 1 aliphatic heterocycles. The van der Waals surface area contributed by atoms with E-state index < -0.39 is 67.0 Å². The van der Waals surface area contributed by atoms with Crippen LogP contribution < -0.4 is 5.32 Å². The van der Waals surface area contributed by atoms with Gasteiger partial charge in [0, 0.05) is 6.92 Å². The number of nitrogens with one attached hydrogen (secondary N) is 1. The lowest BCUT2D eigenvalue weighted by Crippen LogP contribution is -2.66. The van der Waals surface area contributed by atoms with Crippen LogP contribution in [0.25, 0.3) is 0 Å². The van der Waals surface area contributed by atoms with Crippen molar-refractivity contribution >= 4 is 29.8 Å². The third-order valence-electron chi connectivity index (χ3n) is 7.13. The van der Waals surface area contributed by atoms with Crippen molar-refractivity contribution in [3.05, 3.63) is 144 Å². The SMILES string of the molecule is CC(=O)N[C@@H]1O[C@H](COC(=O)c2ccccc2)[C@@H](OC(=O)c2ccccc2)[C@H](OC(=O)c2ccccc2)[C@@H]1OC(=O)c1ccccc1. The highest BCUT2D eigenvalue weighted by molar-refractivity contribution is 5.91. The molecule has 1 aliphatic rings. The predicted octanol–water partition coefficient (Wildman–Crippen LogP) is 4.38. The minimum Gasteiger partial charge on any atom is -0.459 e. The molecule has 240 valence electrons. The highest BCUT2D eigenvalue weighted by Gasteiger charge is 2.53. The van der Waals surface area contributed by atoms with E-state index in [1.54, 1.807) is 84.9 Å². The van der Waals surface area contributed by atoms with Gasteiger partial charge in [0.1, 0.15) is 12.7 Å². The van der Waals surface area contributed by atoms with Crippen LogP contribution >= 0.6 is 0 Å². The van der Waals surface area contributed by atoms with Crippen LogP contribution in [-0.2, 0) is 28.5 Å². The number of hydrogen-bond acceptors (Lipinski definition) is 10. The number of hydrogen-bond donors (Lipinski definition) is 1. The second-order valence-electron chi connectivity index (χ2n) is 10.5. The minimum atomic E-state index is -1.55. The van der Waals surface area contributed by atoms with E-state index in [9.17, 15) is 24.0 Å². The van der Waals surface area contributed by atoms with Gasteiger partial charge in [0.25, 0.3) is 0 Å². The molecule has 4 aromatic carbocycles. The number of benzene rings is 4. The number of esters is 4. The molecular weight excluding hydrogens is 606 g/mol. The number of carbonyl (C=O) groups is 5. The molecule has 1 amide bonds. The molecule has 0 spiro atoms. The highest BCUT2D eigenvalue weighted by atomic mass is 16.7. The summed E-state index contributed by atoms with van der Waals surface area (Å²) in [6, 6.07) is 32.2. The first kappa shape index (κ1) is 32.6. The Morgan fingerprint density at radius 1 is 0.532 bits per heavy atom. The zero-order chi connectivity index (χ0) is 33.2. The zero-order valence-corrected chi connectivity index (χ0v) is 25.2. The fraction of sp³-hybridized carbons (Fsp3) is 0.194. The first-order valence-electron chi connectivity index (χ1n) is 14.7. The van der Waals surface area contributed by atoms with E-state index in [1.807, 2.05) is 0 Å². The molecule has 47 heavy (non-hydrogen) atoms. The molecule has 0 aliphatic carbocycles. The van der Waals surface area contributed by atoms with Crippen molar-refractivity contribution in [2.75, 3.05) is 6.61 Å². The van der Waals surface area contributed by atoms with E-state index in [0.717, 1.165) is 0 Å². The van der Waals surface area contributed by atoms with Crippen molar-refractivity contribution in [2.24, 2.45) is 0 Å². The largest absolute Gasteiger partial charge is 0.459 e. The van der Waals surface area contributed by atoms with Crippen LogP contribution in [0, 0.1) is 0 Å². The molecule has 11 heteroatoms. The van der Waals surface area contributed by atoms with Crippen LogP contribution in [0.5, 0.6) is 0 Å². The zero-order valence-electron chi connectivity index (χ0n) is 25.2. The average Bonchev–Trinajstić information content (AvgIpc) is 3.10. The fourth-order valence-electron chi connectivity index (χ4n) is 4.88. The summed E-state index contributed by atoms with van der Waals surface area (Å²) in [6.45, 7) is 0.728. The summed E-state index contributed by atoms with van der Waals surface area (Å²) >= 11 is 0. The van der Waals surface area contributed by atoms with Crippen molar-refractivity contribution in [3.8, 4) is 0 Å². The van der Waals surface area contributed by atoms with Gasteiger partial charge in [-0.05, 0) is 48.5 Å². The van der Waals surface area contributed by atoms with Gasteiger partial charge in [-0.1, -0.05) is 72.8 Å². The molecule has 0 saturated carbocycles. The summed E-state index contributed by atoms with van der Waals surface area (Å²) in [6.07, 6.45) is -7.27. The van der Waals surface area contributed by atoms with E-state index in [1.165, 1.54) is 43.3 Å². The average molecular weight is 638 g/mol. The van der Waals surface area contributed by atoms with Crippen molar-refractivity contribution < 1.29 is 47.7 Å². The van der Waals surface area contributed by atoms with Crippen molar-refractivity contribution in [1.82, 2.24) is 5.32 Å². The van der Waals surface area contributed by atoms with Crippen molar-refractivity contribution in [1.29, 1.82) is 0 Å². The maximum absolute atomic E-state index is 13.5. The summed E-state index contributed by atoms with van der Waals surface area (Å²) < 4.78 is 29.4. The van der Waals surface area contributed by atoms with Crippen LogP contribution in [0.15, 0.2) is 121 Å². The molecule has 5 rings (SSSR count). The van der Waals surface area contributed by atoms with E-state index in [0.29, 0.717) is 0 Å². The van der Waals surface area contributed by atoms with Crippen molar-refractivity contribution in [2.45, 2.75) is 37.6 Å². The number of carbonyl (C=O) groups excluding carboxylic acids is 5.